The van der Waals surface area contributed by atoms with Crippen LogP contribution in [-0.4, -0.2) is 0 Å². The van der Waals surface area contributed by atoms with Crippen LogP contribution in [0.25, 0.3) is 28.9 Å². The number of furan rings is 1. The SMILES string of the molecule is C/C=C\CC/C=C/C1C=CC(N(/C(C=C(C)C)=C/C=C/c2oc(/C=C\C)c(CC)c2C2=CCC=CC=C2)c2ccc(-c3ccccc3)cc2)=CC1. The van der Waals surface area contributed by atoms with Crippen molar-refractivity contribution in [3.8, 4) is 11.1 Å². The minimum Gasteiger partial charge on any atom is -0.456 e. The van der Waals surface area contributed by atoms with Gasteiger partial charge in [0.1, 0.15) is 11.5 Å². The molecule has 2 nitrogen and oxygen atoms in total. The van der Waals surface area contributed by atoms with E-state index in [1.807, 2.05) is 6.92 Å². The highest BCUT2D eigenvalue weighted by Crippen LogP contribution is 2.35. The molecule has 1 atom stereocenters. The molecule has 1 aromatic heterocycles. The Bertz CT molecular complexity index is 1940. The second-order valence-corrected chi connectivity index (χ2v) is 13.1. The second-order valence-electron chi connectivity index (χ2n) is 13.1. The second kappa shape index (κ2) is 19.2. The Morgan fingerprint density at radius 1 is 0.843 bits per heavy atom. The molecule has 2 aromatic carbocycles. The molecular formula is C49H53NO. The molecule has 0 saturated carbocycles. The maximum absolute atomic E-state index is 6.56. The van der Waals surface area contributed by atoms with Crippen molar-refractivity contribution in [2.45, 2.75) is 66.7 Å². The van der Waals surface area contributed by atoms with Gasteiger partial charge in [-0.2, -0.15) is 0 Å². The maximum Gasteiger partial charge on any atom is 0.135 e. The van der Waals surface area contributed by atoms with Crippen LogP contribution in [0, 0.1) is 5.92 Å². The Balaban J connectivity index is 1.55. The molecule has 0 amide bonds. The van der Waals surface area contributed by atoms with Crippen molar-refractivity contribution in [3.05, 3.63) is 191 Å². The van der Waals surface area contributed by atoms with Gasteiger partial charge < -0.3 is 9.32 Å². The fourth-order valence-electron chi connectivity index (χ4n) is 6.50. The largest absolute Gasteiger partial charge is 0.456 e. The molecule has 260 valence electrons. The number of rotatable bonds is 14. The lowest BCUT2D eigenvalue weighted by molar-refractivity contribution is 0.543. The van der Waals surface area contributed by atoms with Gasteiger partial charge in [-0.1, -0.05) is 134 Å². The molecule has 1 unspecified atom stereocenters. The van der Waals surface area contributed by atoms with E-state index >= 15 is 0 Å². The lowest BCUT2D eigenvalue weighted by Gasteiger charge is -2.30. The highest BCUT2D eigenvalue weighted by molar-refractivity contribution is 5.83. The summed E-state index contributed by atoms with van der Waals surface area (Å²) in [5.41, 5.74) is 10.6. The third-order valence-corrected chi connectivity index (χ3v) is 8.96. The number of benzene rings is 2. The third-order valence-electron chi connectivity index (χ3n) is 8.96. The first kappa shape index (κ1) is 36.9. The molecule has 0 bridgehead atoms. The summed E-state index contributed by atoms with van der Waals surface area (Å²) in [7, 11) is 0. The van der Waals surface area contributed by atoms with Crippen LogP contribution in [0.2, 0.25) is 0 Å². The lowest BCUT2D eigenvalue weighted by atomic mass is 9.96. The fourth-order valence-corrected chi connectivity index (χ4v) is 6.50. The quantitative estimate of drug-likeness (QED) is 0.0963. The first-order chi connectivity index (χ1) is 25.0. The maximum atomic E-state index is 6.56. The topological polar surface area (TPSA) is 16.4 Å². The zero-order valence-electron chi connectivity index (χ0n) is 31.1. The van der Waals surface area contributed by atoms with E-state index in [1.54, 1.807) is 0 Å². The van der Waals surface area contributed by atoms with E-state index in [9.17, 15) is 0 Å². The minimum atomic E-state index is 0.400. The number of allylic oxidation sites excluding steroid dienone is 18. The van der Waals surface area contributed by atoms with Crippen LogP contribution in [0.15, 0.2) is 173 Å². The monoisotopic (exact) mass is 671 g/mol. The summed E-state index contributed by atoms with van der Waals surface area (Å²) in [6, 6.07) is 19.5. The van der Waals surface area contributed by atoms with Crippen LogP contribution >= 0.6 is 0 Å². The Kier molecular flexibility index (Phi) is 13.9. The first-order valence-electron chi connectivity index (χ1n) is 18.5. The fraction of sp³-hybridized carbons (Fsp3) is 0.224. The van der Waals surface area contributed by atoms with Gasteiger partial charge in [-0.05, 0) is 125 Å². The van der Waals surface area contributed by atoms with E-state index in [-0.39, 0.29) is 0 Å². The highest BCUT2D eigenvalue weighted by Gasteiger charge is 2.20. The van der Waals surface area contributed by atoms with E-state index in [2.05, 4.69) is 197 Å². The summed E-state index contributed by atoms with van der Waals surface area (Å²) in [5, 5.41) is 0. The Morgan fingerprint density at radius 2 is 1.63 bits per heavy atom. The molecular weight excluding hydrogens is 619 g/mol. The summed E-state index contributed by atoms with van der Waals surface area (Å²) in [6.07, 6.45) is 44.7. The van der Waals surface area contributed by atoms with Gasteiger partial charge in [0.25, 0.3) is 0 Å². The van der Waals surface area contributed by atoms with Crippen molar-refractivity contribution >= 4 is 23.4 Å². The molecule has 5 rings (SSSR count). The van der Waals surface area contributed by atoms with Crippen molar-refractivity contribution in [1.82, 2.24) is 0 Å². The van der Waals surface area contributed by atoms with E-state index in [0.717, 1.165) is 55.0 Å². The van der Waals surface area contributed by atoms with E-state index in [0.29, 0.717) is 5.92 Å². The molecule has 2 aliphatic carbocycles. The van der Waals surface area contributed by atoms with Gasteiger partial charge in [0.2, 0.25) is 0 Å². The van der Waals surface area contributed by atoms with Gasteiger partial charge in [-0.3, -0.25) is 0 Å². The molecule has 0 N–H and O–H groups in total. The third kappa shape index (κ3) is 10.1. The Labute approximate surface area is 307 Å². The zero-order valence-corrected chi connectivity index (χ0v) is 31.1. The predicted octanol–water partition coefficient (Wildman–Crippen LogP) is 14.2. The summed E-state index contributed by atoms with van der Waals surface area (Å²) in [6.45, 7) is 10.7. The smallest absolute Gasteiger partial charge is 0.135 e. The van der Waals surface area contributed by atoms with Crippen LogP contribution in [0.3, 0.4) is 0 Å². The highest BCUT2D eigenvalue weighted by atomic mass is 16.3. The molecule has 0 saturated heterocycles. The lowest BCUT2D eigenvalue weighted by Crippen LogP contribution is -2.21. The number of nitrogens with zero attached hydrogens (tertiary/aromatic N) is 1. The van der Waals surface area contributed by atoms with Crippen LogP contribution < -0.4 is 4.90 Å². The van der Waals surface area contributed by atoms with E-state index in [4.69, 9.17) is 4.42 Å². The number of unbranched alkanes of at least 4 members (excludes halogenated alkanes) is 1. The normalized spacial score (nSPS) is 16.4. The number of hydrogen-bond acceptors (Lipinski definition) is 2. The van der Waals surface area contributed by atoms with Crippen molar-refractivity contribution in [1.29, 1.82) is 0 Å². The van der Waals surface area contributed by atoms with E-state index in [1.165, 1.54) is 39.1 Å². The van der Waals surface area contributed by atoms with Crippen LogP contribution in [0.4, 0.5) is 5.69 Å². The van der Waals surface area contributed by atoms with Crippen molar-refractivity contribution in [3.63, 3.8) is 0 Å². The number of anilines is 1. The molecule has 51 heavy (non-hydrogen) atoms. The van der Waals surface area contributed by atoms with Crippen LogP contribution in [-0.2, 0) is 6.42 Å². The van der Waals surface area contributed by atoms with Gasteiger partial charge in [0.05, 0.1) is 0 Å². The van der Waals surface area contributed by atoms with Gasteiger partial charge in [0, 0.05) is 28.2 Å². The van der Waals surface area contributed by atoms with Gasteiger partial charge >= 0.3 is 0 Å². The van der Waals surface area contributed by atoms with Crippen molar-refractivity contribution in [2.75, 3.05) is 4.90 Å². The molecule has 1 heterocycles. The zero-order chi connectivity index (χ0) is 35.8. The van der Waals surface area contributed by atoms with Crippen molar-refractivity contribution < 1.29 is 4.42 Å². The van der Waals surface area contributed by atoms with Crippen LogP contribution in [0.1, 0.15) is 82.9 Å². The predicted molar refractivity (Wildman–Crippen MR) is 223 cm³/mol. The standard InChI is InChI=1S/C49H53NO/c1-6-9-10-11-15-22-39-29-33-43(34-30-39)50(44-35-31-41(32-36-44)40-23-18-14-19-24-40)45(37-38(4)5)27-20-28-48-49(42-25-16-12-13-17-26-42)46(8-3)47(51-48)21-7-2/h6-7,9,12-16,18-29,31-37,39H,8,10-11,17,30H2,1-5H3/b9-6-,21-7-,22-15+,28-20+,45-27+. The molecule has 2 aliphatic rings. The minimum absolute atomic E-state index is 0.400. The van der Waals surface area contributed by atoms with E-state index < -0.39 is 0 Å². The molecule has 0 fully saturated rings. The summed E-state index contributed by atoms with van der Waals surface area (Å²) < 4.78 is 6.56. The summed E-state index contributed by atoms with van der Waals surface area (Å²) in [4.78, 5) is 2.38. The average Bonchev–Trinajstić information content (AvgIpc) is 3.28. The van der Waals surface area contributed by atoms with Gasteiger partial charge in [-0.25, -0.2) is 0 Å². The molecule has 0 aliphatic heterocycles. The summed E-state index contributed by atoms with van der Waals surface area (Å²) in [5.74, 6) is 2.21. The Hall–Kier alpha value is -5.34. The van der Waals surface area contributed by atoms with Crippen molar-refractivity contribution in [2.24, 2.45) is 5.92 Å². The molecule has 3 aromatic rings. The van der Waals surface area contributed by atoms with Crippen LogP contribution in [0.5, 0.6) is 0 Å². The molecule has 0 spiro atoms. The number of hydrogen-bond donors (Lipinski definition) is 0. The summed E-state index contributed by atoms with van der Waals surface area (Å²) >= 11 is 0. The molecule has 0 radical (unpaired) electrons. The molecule has 2 heteroatoms. The van der Waals surface area contributed by atoms with Gasteiger partial charge in [0.15, 0.2) is 0 Å². The van der Waals surface area contributed by atoms with Gasteiger partial charge in [-0.15, -0.1) is 0 Å². The Morgan fingerprint density at radius 3 is 2.33 bits per heavy atom. The first-order valence-corrected chi connectivity index (χ1v) is 18.5. The average molecular weight is 672 g/mol.